The smallest absolute Gasteiger partial charge is 0.324 e. The zero-order valence-electron chi connectivity index (χ0n) is 12.5. The molecular formula is C11H14F12N+. The molecule has 24 heavy (non-hydrogen) atoms. The third kappa shape index (κ3) is 3.40. The van der Waals surface area contributed by atoms with Crippen molar-refractivity contribution >= 4 is 0 Å². The molecule has 0 N–H and O–H groups in total. The van der Waals surface area contributed by atoms with Gasteiger partial charge in [-0.15, -0.1) is 0 Å². The van der Waals surface area contributed by atoms with E-state index in [0.29, 0.717) is 0 Å². The molecule has 0 radical (unpaired) electrons. The maximum atomic E-state index is 13.5. The summed E-state index contributed by atoms with van der Waals surface area (Å²) in [4.78, 5) is 0. The fourth-order valence-corrected chi connectivity index (χ4v) is 1.52. The van der Waals surface area contributed by atoms with Crippen molar-refractivity contribution in [3.8, 4) is 0 Å². The summed E-state index contributed by atoms with van der Waals surface area (Å²) < 4.78 is 154. The molecule has 0 fully saturated rings. The van der Waals surface area contributed by atoms with Crippen LogP contribution in [0.4, 0.5) is 52.7 Å². The van der Waals surface area contributed by atoms with Gasteiger partial charge in [0.15, 0.2) is 0 Å². The van der Waals surface area contributed by atoms with Crippen molar-refractivity contribution in [2.24, 2.45) is 0 Å². The lowest BCUT2D eigenvalue weighted by Gasteiger charge is -2.41. The first-order valence-electron chi connectivity index (χ1n) is 6.20. The predicted octanol–water partition coefficient (Wildman–Crippen LogP) is 4.52. The van der Waals surface area contributed by atoms with E-state index in [4.69, 9.17) is 0 Å². The topological polar surface area (TPSA) is 0 Å². The van der Waals surface area contributed by atoms with Crippen molar-refractivity contribution in [1.82, 2.24) is 0 Å². The number of nitrogens with zero attached hydrogens (tertiary/aromatic N) is 1. The number of hydrogen-bond donors (Lipinski definition) is 0. The molecule has 0 aliphatic carbocycles. The van der Waals surface area contributed by atoms with Gasteiger partial charge in [-0.3, -0.25) is 0 Å². The Balaban J connectivity index is 6.08. The Hall–Kier alpha value is -0.880. The largest absolute Gasteiger partial charge is 0.384 e. The van der Waals surface area contributed by atoms with E-state index in [0.717, 1.165) is 14.1 Å². The van der Waals surface area contributed by atoms with E-state index < -0.39 is 47.1 Å². The lowest BCUT2D eigenvalue weighted by molar-refractivity contribution is -0.898. The molecule has 1 nitrogen and oxygen atoms in total. The number of alkyl halides is 12. The molecule has 0 aliphatic rings. The van der Waals surface area contributed by atoms with Gasteiger partial charge in [-0.05, 0) is 6.92 Å². The van der Waals surface area contributed by atoms with Crippen LogP contribution < -0.4 is 0 Å². The van der Waals surface area contributed by atoms with Crippen molar-refractivity contribution < 1.29 is 57.2 Å². The summed E-state index contributed by atoms with van der Waals surface area (Å²) in [5, 5.41) is 0. The first-order valence-corrected chi connectivity index (χ1v) is 6.20. The summed E-state index contributed by atoms with van der Waals surface area (Å²) in [5.74, 6) is -34.7. The molecule has 13 heteroatoms. The zero-order valence-corrected chi connectivity index (χ0v) is 12.5. The van der Waals surface area contributed by atoms with Gasteiger partial charge >= 0.3 is 36.0 Å². The molecule has 0 bridgehead atoms. The van der Waals surface area contributed by atoms with Gasteiger partial charge in [0.25, 0.3) is 0 Å². The normalized spacial score (nSPS) is 16.0. The Labute approximate surface area is 128 Å². The lowest BCUT2D eigenvalue weighted by Crippen LogP contribution is -2.70. The lowest BCUT2D eigenvalue weighted by atomic mass is 9.94. The summed E-state index contributed by atoms with van der Waals surface area (Å²) in [7, 11) is 1.71. The highest BCUT2D eigenvalue weighted by atomic mass is 19.4. The van der Waals surface area contributed by atoms with Crippen LogP contribution in [-0.2, 0) is 0 Å². The maximum absolute atomic E-state index is 13.5. The van der Waals surface area contributed by atoms with E-state index in [-0.39, 0.29) is 6.54 Å². The quantitative estimate of drug-likeness (QED) is 0.424. The van der Waals surface area contributed by atoms with Crippen molar-refractivity contribution in [1.29, 1.82) is 0 Å². The molecule has 0 aliphatic heterocycles. The molecule has 0 saturated heterocycles. The summed E-state index contributed by atoms with van der Waals surface area (Å²) >= 11 is 0. The molecule has 0 aromatic carbocycles. The van der Waals surface area contributed by atoms with Crippen molar-refractivity contribution in [2.75, 3.05) is 27.2 Å². The van der Waals surface area contributed by atoms with Gasteiger partial charge in [-0.25, -0.2) is 8.78 Å². The molecule has 0 aromatic heterocycles. The molecule has 0 heterocycles. The highest BCUT2D eigenvalue weighted by Crippen LogP contribution is 2.58. The summed E-state index contributed by atoms with van der Waals surface area (Å²) in [5.41, 5.74) is 0. The Morgan fingerprint density at radius 3 is 1.38 bits per heavy atom. The van der Waals surface area contributed by atoms with Gasteiger partial charge < -0.3 is 4.48 Å². The number of hydrogen-bond acceptors (Lipinski definition) is 0. The summed E-state index contributed by atoms with van der Waals surface area (Å²) in [6.07, 6.45) is -5.48. The highest BCUT2D eigenvalue weighted by molar-refractivity contribution is 5.09. The van der Waals surface area contributed by atoms with Crippen LogP contribution in [0.1, 0.15) is 6.92 Å². The monoisotopic (exact) mass is 388 g/mol. The Morgan fingerprint density at radius 2 is 1.08 bits per heavy atom. The molecule has 0 saturated carbocycles. The van der Waals surface area contributed by atoms with Gasteiger partial charge in [0.2, 0.25) is 0 Å². The second kappa shape index (κ2) is 6.13. The second-order valence-corrected chi connectivity index (χ2v) is 5.76. The van der Waals surface area contributed by atoms with Crippen molar-refractivity contribution in [3.63, 3.8) is 0 Å². The second-order valence-electron chi connectivity index (χ2n) is 5.76. The third-order valence-electron chi connectivity index (χ3n) is 3.42. The molecule has 0 rings (SSSR count). The number of halogens is 12. The summed E-state index contributed by atoms with van der Waals surface area (Å²) in [6, 6.07) is 0. The van der Waals surface area contributed by atoms with E-state index in [1.54, 1.807) is 0 Å². The minimum Gasteiger partial charge on any atom is -0.324 e. The van der Waals surface area contributed by atoms with Crippen LogP contribution in [0.3, 0.4) is 0 Å². The average molecular weight is 388 g/mol. The van der Waals surface area contributed by atoms with Gasteiger partial charge in [0.1, 0.15) is 6.54 Å². The Morgan fingerprint density at radius 1 is 0.708 bits per heavy atom. The maximum Gasteiger partial charge on any atom is 0.384 e. The van der Waals surface area contributed by atoms with Crippen LogP contribution in [0.5, 0.6) is 0 Å². The zero-order chi connectivity index (χ0) is 20.0. The first-order chi connectivity index (χ1) is 10.2. The van der Waals surface area contributed by atoms with E-state index in [2.05, 4.69) is 0 Å². The van der Waals surface area contributed by atoms with Crippen LogP contribution in [0.15, 0.2) is 0 Å². The van der Waals surface area contributed by atoms with Gasteiger partial charge in [-0.2, -0.15) is 43.9 Å². The molecular weight excluding hydrogens is 374 g/mol. The van der Waals surface area contributed by atoms with Gasteiger partial charge in [-0.1, -0.05) is 0 Å². The first kappa shape index (κ1) is 23.1. The molecule has 0 unspecified atom stereocenters. The van der Waals surface area contributed by atoms with Gasteiger partial charge in [0, 0.05) is 0 Å². The van der Waals surface area contributed by atoms with Crippen LogP contribution >= 0.6 is 0 Å². The predicted molar refractivity (Wildman–Crippen MR) is 58.3 cm³/mol. The summed E-state index contributed by atoms with van der Waals surface area (Å²) in [6.45, 7) is -1.28. The highest BCUT2D eigenvalue weighted by Gasteiger charge is 2.88. The van der Waals surface area contributed by atoms with Gasteiger partial charge in [0.05, 0.1) is 20.6 Å². The fourth-order valence-electron chi connectivity index (χ4n) is 1.52. The molecule has 146 valence electrons. The molecule has 0 amide bonds. The van der Waals surface area contributed by atoms with Crippen molar-refractivity contribution in [3.05, 3.63) is 0 Å². The van der Waals surface area contributed by atoms with Crippen LogP contribution in [0.2, 0.25) is 0 Å². The minimum atomic E-state index is -7.45. The van der Waals surface area contributed by atoms with E-state index in [1.165, 1.54) is 6.92 Å². The Kier molecular flexibility index (Phi) is 5.91. The van der Waals surface area contributed by atoms with Crippen LogP contribution in [0.25, 0.3) is 0 Å². The third-order valence-corrected chi connectivity index (χ3v) is 3.42. The number of quaternary nitrogens is 1. The molecule has 0 aromatic rings. The average Bonchev–Trinajstić information content (AvgIpc) is 2.36. The van der Waals surface area contributed by atoms with E-state index in [9.17, 15) is 52.7 Å². The minimum absolute atomic E-state index is 0.333. The van der Waals surface area contributed by atoms with Crippen LogP contribution in [0, 0.1) is 0 Å². The molecule has 0 spiro atoms. The number of rotatable bonds is 8. The van der Waals surface area contributed by atoms with Crippen molar-refractivity contribution in [2.45, 2.75) is 43.0 Å². The fraction of sp³-hybridized carbons (Fsp3) is 1.00. The molecule has 0 atom stereocenters. The van der Waals surface area contributed by atoms with Crippen LogP contribution in [-0.4, -0.2) is 67.7 Å². The van der Waals surface area contributed by atoms with E-state index in [1.807, 2.05) is 0 Å². The SMILES string of the molecule is CC[N+](C)(C)CC(F)(F)C(F)(F)C(F)(F)C(F)(F)C(F)(F)C(F)F. The van der Waals surface area contributed by atoms with E-state index >= 15 is 0 Å². The Bertz CT molecular complexity index is 442. The standard InChI is InChI=1S/C11H14F12N/c1-4-24(2,3)5-7(14,15)9(18,19)11(22,23)10(20,21)8(16,17)6(12)13/h6H,4-5H2,1-3H3/q+1.